The first-order valence-corrected chi connectivity index (χ1v) is 7.94. The van der Waals surface area contributed by atoms with Crippen molar-refractivity contribution < 1.29 is 19.1 Å². The summed E-state index contributed by atoms with van der Waals surface area (Å²) >= 11 is 7.20. The largest absolute Gasteiger partial charge is 0.475 e. The van der Waals surface area contributed by atoms with Gasteiger partial charge in [-0.2, -0.15) is 0 Å². The highest BCUT2D eigenvalue weighted by molar-refractivity contribution is 7.99. The molecule has 0 saturated heterocycles. The van der Waals surface area contributed by atoms with Crippen molar-refractivity contribution in [3.8, 4) is 0 Å². The molecule has 1 heterocycles. The molecule has 2 aromatic rings. The number of furan rings is 1. The molecule has 0 aliphatic heterocycles. The van der Waals surface area contributed by atoms with Crippen molar-refractivity contribution >= 4 is 40.9 Å². The molecule has 0 saturated carbocycles. The lowest BCUT2D eigenvalue weighted by Gasteiger charge is -2.08. The van der Waals surface area contributed by atoms with Crippen LogP contribution in [0.2, 0.25) is 5.02 Å². The molecule has 1 aromatic heterocycles. The van der Waals surface area contributed by atoms with Crippen LogP contribution < -0.4 is 5.32 Å². The first kappa shape index (κ1) is 16.5. The Hall–Kier alpha value is -1.92. The zero-order valence-electron chi connectivity index (χ0n) is 11.8. The van der Waals surface area contributed by atoms with E-state index in [0.717, 1.165) is 11.3 Å². The van der Waals surface area contributed by atoms with Crippen LogP contribution in [0.5, 0.6) is 0 Å². The standard InChI is InChI=1S/C15H14ClNO4S/c1-9-6-10(16)2-4-12(9)17-14(18)8-22-7-11-3-5-13(21-11)15(19)20/h2-6H,7-8H2,1H3,(H,17,18)(H,19,20). The number of amides is 1. The zero-order valence-corrected chi connectivity index (χ0v) is 13.3. The fourth-order valence-electron chi connectivity index (χ4n) is 1.77. The van der Waals surface area contributed by atoms with E-state index in [0.29, 0.717) is 16.5 Å². The van der Waals surface area contributed by atoms with E-state index in [9.17, 15) is 9.59 Å². The maximum Gasteiger partial charge on any atom is 0.371 e. The maximum absolute atomic E-state index is 11.9. The number of carbonyl (C=O) groups is 2. The van der Waals surface area contributed by atoms with Crippen LogP contribution >= 0.6 is 23.4 Å². The number of hydrogen-bond donors (Lipinski definition) is 2. The minimum absolute atomic E-state index is 0.100. The average Bonchev–Trinajstić information content (AvgIpc) is 2.91. The van der Waals surface area contributed by atoms with E-state index in [1.165, 1.54) is 17.8 Å². The molecule has 0 radical (unpaired) electrons. The van der Waals surface area contributed by atoms with Gasteiger partial charge in [-0.05, 0) is 42.8 Å². The van der Waals surface area contributed by atoms with E-state index in [-0.39, 0.29) is 17.4 Å². The summed E-state index contributed by atoms with van der Waals surface area (Å²) in [5, 5.41) is 12.2. The van der Waals surface area contributed by atoms with E-state index in [2.05, 4.69) is 5.32 Å². The van der Waals surface area contributed by atoms with Gasteiger partial charge in [-0.1, -0.05) is 11.6 Å². The third-order valence-corrected chi connectivity index (χ3v) is 4.00. The van der Waals surface area contributed by atoms with Crippen LogP contribution in [0.3, 0.4) is 0 Å². The van der Waals surface area contributed by atoms with Gasteiger partial charge in [0.15, 0.2) is 0 Å². The van der Waals surface area contributed by atoms with Gasteiger partial charge < -0.3 is 14.8 Å². The van der Waals surface area contributed by atoms with Crippen LogP contribution in [0.25, 0.3) is 0 Å². The van der Waals surface area contributed by atoms with Gasteiger partial charge in [0.1, 0.15) is 5.76 Å². The highest BCUT2D eigenvalue weighted by atomic mass is 35.5. The summed E-state index contributed by atoms with van der Waals surface area (Å²) < 4.78 is 5.11. The summed E-state index contributed by atoms with van der Waals surface area (Å²) in [5.41, 5.74) is 1.61. The van der Waals surface area contributed by atoms with Gasteiger partial charge in [0.2, 0.25) is 11.7 Å². The number of carboxylic acid groups (broad SMARTS) is 1. The number of aromatic carboxylic acids is 1. The highest BCUT2D eigenvalue weighted by Crippen LogP contribution is 2.20. The van der Waals surface area contributed by atoms with Gasteiger partial charge in [-0.25, -0.2) is 4.79 Å². The zero-order chi connectivity index (χ0) is 16.1. The third-order valence-electron chi connectivity index (χ3n) is 2.81. The van der Waals surface area contributed by atoms with Crippen molar-refractivity contribution in [1.29, 1.82) is 0 Å². The van der Waals surface area contributed by atoms with Crippen molar-refractivity contribution in [2.45, 2.75) is 12.7 Å². The molecule has 1 aromatic carbocycles. The molecule has 2 N–H and O–H groups in total. The van der Waals surface area contributed by atoms with E-state index >= 15 is 0 Å². The number of anilines is 1. The Morgan fingerprint density at radius 1 is 1.32 bits per heavy atom. The lowest BCUT2D eigenvalue weighted by molar-refractivity contribution is -0.113. The molecule has 1 amide bonds. The summed E-state index contributed by atoms with van der Waals surface area (Å²) in [6.07, 6.45) is 0. The van der Waals surface area contributed by atoms with Crippen LogP contribution in [0.4, 0.5) is 5.69 Å². The molecule has 0 bridgehead atoms. The Labute approximate surface area is 136 Å². The Balaban J connectivity index is 1.81. The molecule has 0 aliphatic rings. The molecular weight excluding hydrogens is 326 g/mol. The minimum Gasteiger partial charge on any atom is -0.475 e. The van der Waals surface area contributed by atoms with Crippen molar-refractivity contribution in [2.24, 2.45) is 0 Å². The fourth-order valence-corrected chi connectivity index (χ4v) is 2.71. The van der Waals surface area contributed by atoms with Gasteiger partial charge in [-0.3, -0.25) is 4.79 Å². The van der Waals surface area contributed by atoms with Crippen LogP contribution in [0, 0.1) is 6.92 Å². The van der Waals surface area contributed by atoms with Crippen LogP contribution in [0.1, 0.15) is 21.9 Å². The normalized spacial score (nSPS) is 10.5. The first-order valence-electron chi connectivity index (χ1n) is 6.41. The predicted octanol–water partition coefficient (Wildman–Crippen LogP) is 3.81. The van der Waals surface area contributed by atoms with Crippen molar-refractivity contribution in [1.82, 2.24) is 0 Å². The lowest BCUT2D eigenvalue weighted by atomic mass is 10.2. The van der Waals surface area contributed by atoms with Crippen molar-refractivity contribution in [2.75, 3.05) is 11.1 Å². The topological polar surface area (TPSA) is 79.5 Å². The second-order valence-electron chi connectivity index (χ2n) is 4.57. The molecule has 0 aliphatic carbocycles. The highest BCUT2D eigenvalue weighted by Gasteiger charge is 2.10. The molecule has 116 valence electrons. The van der Waals surface area contributed by atoms with Crippen molar-refractivity contribution in [3.05, 3.63) is 52.4 Å². The number of nitrogens with one attached hydrogen (secondary N) is 1. The molecular formula is C15H14ClNO4S. The molecule has 22 heavy (non-hydrogen) atoms. The monoisotopic (exact) mass is 339 g/mol. The summed E-state index contributed by atoms with van der Waals surface area (Å²) in [6, 6.07) is 8.24. The lowest BCUT2D eigenvalue weighted by Crippen LogP contribution is -2.14. The molecule has 7 heteroatoms. The number of aryl methyl sites for hydroxylation is 1. The molecule has 0 spiro atoms. The van der Waals surface area contributed by atoms with Crippen LogP contribution in [0.15, 0.2) is 34.7 Å². The van der Waals surface area contributed by atoms with Crippen molar-refractivity contribution in [3.63, 3.8) is 0 Å². The van der Waals surface area contributed by atoms with Gasteiger partial charge in [-0.15, -0.1) is 11.8 Å². The Bertz CT molecular complexity index is 699. The number of benzene rings is 1. The summed E-state index contributed by atoms with van der Waals surface area (Å²) in [4.78, 5) is 22.5. The van der Waals surface area contributed by atoms with E-state index in [4.69, 9.17) is 21.1 Å². The summed E-state index contributed by atoms with van der Waals surface area (Å²) in [6.45, 7) is 1.87. The molecule has 5 nitrogen and oxygen atoms in total. The second-order valence-corrected chi connectivity index (χ2v) is 5.99. The van der Waals surface area contributed by atoms with E-state index < -0.39 is 5.97 Å². The average molecular weight is 340 g/mol. The number of halogens is 1. The van der Waals surface area contributed by atoms with Crippen LogP contribution in [-0.2, 0) is 10.5 Å². The smallest absolute Gasteiger partial charge is 0.371 e. The molecule has 0 atom stereocenters. The number of hydrogen-bond acceptors (Lipinski definition) is 4. The second kappa shape index (κ2) is 7.38. The first-order chi connectivity index (χ1) is 10.5. The van der Waals surface area contributed by atoms with Gasteiger partial charge in [0.25, 0.3) is 0 Å². The molecule has 0 fully saturated rings. The number of carboxylic acids is 1. The minimum atomic E-state index is -1.10. The summed E-state index contributed by atoms with van der Waals surface area (Å²) in [5.74, 6) is -0.145. The fraction of sp³-hybridized carbons (Fsp3) is 0.200. The molecule has 0 unspecified atom stereocenters. The van der Waals surface area contributed by atoms with E-state index in [1.807, 2.05) is 6.92 Å². The quantitative estimate of drug-likeness (QED) is 0.836. The number of carbonyl (C=O) groups excluding carboxylic acids is 1. The predicted molar refractivity (Wildman–Crippen MR) is 86.6 cm³/mol. The van der Waals surface area contributed by atoms with Gasteiger partial charge >= 0.3 is 5.97 Å². The maximum atomic E-state index is 11.9. The molecule has 2 rings (SSSR count). The van der Waals surface area contributed by atoms with E-state index in [1.54, 1.807) is 24.3 Å². The Kier molecular flexibility index (Phi) is 5.51. The number of rotatable bonds is 6. The van der Waals surface area contributed by atoms with Gasteiger partial charge in [0, 0.05) is 10.7 Å². The number of thioether (sulfide) groups is 1. The van der Waals surface area contributed by atoms with Crippen LogP contribution in [-0.4, -0.2) is 22.7 Å². The third kappa shape index (κ3) is 4.54. The Morgan fingerprint density at radius 2 is 2.09 bits per heavy atom. The van der Waals surface area contributed by atoms with Gasteiger partial charge in [0.05, 0.1) is 11.5 Å². The SMILES string of the molecule is Cc1cc(Cl)ccc1NC(=O)CSCc1ccc(C(=O)O)o1. The summed E-state index contributed by atoms with van der Waals surface area (Å²) in [7, 11) is 0. The Morgan fingerprint density at radius 3 is 2.73 bits per heavy atom.